The van der Waals surface area contributed by atoms with Gasteiger partial charge in [-0.05, 0) is 78.1 Å². The van der Waals surface area contributed by atoms with Crippen LogP contribution < -0.4 is 5.32 Å². The fourth-order valence-electron chi connectivity index (χ4n) is 4.39. The van der Waals surface area contributed by atoms with E-state index in [1.54, 1.807) is 24.5 Å². The van der Waals surface area contributed by atoms with Crippen molar-refractivity contribution < 1.29 is 9.21 Å². The van der Waals surface area contributed by atoms with Crippen molar-refractivity contribution in [1.82, 2.24) is 0 Å². The van der Waals surface area contributed by atoms with Gasteiger partial charge in [0, 0.05) is 22.2 Å². The average molecular weight is 402 g/mol. The maximum absolute atomic E-state index is 12.7. The highest BCUT2D eigenvalue weighted by molar-refractivity contribution is 6.30. The van der Waals surface area contributed by atoms with E-state index in [-0.39, 0.29) is 11.8 Å². The number of hydrogen-bond donors (Lipinski definition) is 1. The second kappa shape index (κ2) is 7.41. The van der Waals surface area contributed by atoms with Crippen LogP contribution in [0.4, 0.5) is 5.69 Å². The lowest BCUT2D eigenvalue weighted by atomic mass is 9.76. The second-order valence-electron chi connectivity index (χ2n) is 7.54. The number of benzene rings is 2. The number of furan rings is 1. The van der Waals surface area contributed by atoms with E-state index < -0.39 is 0 Å². The lowest BCUT2D eigenvalue weighted by Gasteiger charge is -2.37. The van der Waals surface area contributed by atoms with Gasteiger partial charge in [0.2, 0.25) is 0 Å². The monoisotopic (exact) mass is 401 g/mol. The number of ketones is 1. The molecule has 4 heteroatoms. The first-order valence-corrected chi connectivity index (χ1v) is 10.2. The van der Waals surface area contributed by atoms with Crippen molar-refractivity contribution in [3.8, 4) is 0 Å². The number of rotatable bonds is 4. The summed E-state index contributed by atoms with van der Waals surface area (Å²) in [5.41, 5.74) is 4.20. The standard InChI is InChI=1S/C25H20ClNO2/c26-18-9-6-16(7-10-18)25-21-5-1-4-20(21)22-15-17(8-12-23(22)27-25)24(28)13-11-19-3-2-14-29-19/h1-4,6-15,20-21,25,27H,5H2/b13-11+/t20-,21-,25+/m1/s1. The van der Waals surface area contributed by atoms with E-state index in [1.165, 1.54) is 11.1 Å². The topological polar surface area (TPSA) is 42.2 Å². The number of halogens is 1. The third-order valence-electron chi connectivity index (χ3n) is 5.82. The van der Waals surface area contributed by atoms with Gasteiger partial charge in [0.15, 0.2) is 5.78 Å². The summed E-state index contributed by atoms with van der Waals surface area (Å²) >= 11 is 6.07. The average Bonchev–Trinajstić information content (AvgIpc) is 3.44. The molecule has 0 fully saturated rings. The van der Waals surface area contributed by atoms with Crippen molar-refractivity contribution >= 4 is 29.1 Å². The molecule has 2 aromatic carbocycles. The van der Waals surface area contributed by atoms with E-state index in [4.69, 9.17) is 16.0 Å². The Kier molecular flexibility index (Phi) is 4.61. The number of hydrogen-bond acceptors (Lipinski definition) is 3. The maximum Gasteiger partial charge on any atom is 0.185 e. The fraction of sp³-hybridized carbons (Fsp3) is 0.160. The Hall–Kier alpha value is -3.04. The lowest BCUT2D eigenvalue weighted by Crippen LogP contribution is -2.29. The summed E-state index contributed by atoms with van der Waals surface area (Å²) in [5, 5.41) is 4.44. The van der Waals surface area contributed by atoms with Crippen LogP contribution in [0.5, 0.6) is 0 Å². The highest BCUT2D eigenvalue weighted by Gasteiger charge is 2.38. The molecule has 144 valence electrons. The third kappa shape index (κ3) is 3.43. The van der Waals surface area contributed by atoms with Crippen LogP contribution in [0.15, 0.2) is 83.5 Å². The highest BCUT2D eigenvalue weighted by atomic mass is 35.5. The summed E-state index contributed by atoms with van der Waals surface area (Å²) in [6.07, 6.45) is 10.4. The Balaban J connectivity index is 1.45. The summed E-state index contributed by atoms with van der Waals surface area (Å²) in [7, 11) is 0. The molecule has 5 rings (SSSR count). The normalized spacial score (nSPS) is 22.3. The van der Waals surface area contributed by atoms with Crippen LogP contribution in [0.25, 0.3) is 6.08 Å². The lowest BCUT2D eigenvalue weighted by molar-refractivity contribution is 0.104. The Bertz CT molecular complexity index is 1100. The molecule has 1 N–H and O–H groups in total. The van der Waals surface area contributed by atoms with Crippen LogP contribution in [-0.4, -0.2) is 5.78 Å². The van der Waals surface area contributed by atoms with Crippen LogP contribution in [0, 0.1) is 5.92 Å². The number of anilines is 1. The quantitative estimate of drug-likeness (QED) is 0.302. The Labute approximate surface area is 174 Å². The van der Waals surface area contributed by atoms with Gasteiger partial charge < -0.3 is 9.73 Å². The van der Waals surface area contributed by atoms with Crippen LogP contribution in [0.1, 0.15) is 45.6 Å². The van der Waals surface area contributed by atoms with E-state index in [9.17, 15) is 4.79 Å². The molecule has 3 atom stereocenters. The van der Waals surface area contributed by atoms with E-state index in [0.717, 1.165) is 17.1 Å². The van der Waals surface area contributed by atoms with Crippen LogP contribution in [-0.2, 0) is 0 Å². The zero-order valence-electron chi connectivity index (χ0n) is 15.7. The van der Waals surface area contributed by atoms with Crippen LogP contribution in [0.3, 0.4) is 0 Å². The second-order valence-corrected chi connectivity index (χ2v) is 7.98. The van der Waals surface area contributed by atoms with E-state index in [1.807, 2.05) is 36.4 Å². The molecule has 0 saturated carbocycles. The molecule has 2 aliphatic rings. The number of carbonyl (C=O) groups is 1. The smallest absolute Gasteiger partial charge is 0.185 e. The molecular weight excluding hydrogens is 382 g/mol. The molecule has 1 aromatic heterocycles. The summed E-state index contributed by atoms with van der Waals surface area (Å²) < 4.78 is 5.26. The minimum absolute atomic E-state index is 0.0254. The van der Waals surface area contributed by atoms with E-state index >= 15 is 0 Å². The van der Waals surface area contributed by atoms with Crippen LogP contribution in [0.2, 0.25) is 5.02 Å². The molecule has 29 heavy (non-hydrogen) atoms. The number of carbonyl (C=O) groups excluding carboxylic acids is 1. The van der Waals surface area contributed by atoms with Gasteiger partial charge in [-0.1, -0.05) is 35.9 Å². The molecule has 0 spiro atoms. The predicted octanol–water partition coefficient (Wildman–Crippen LogP) is 6.66. The fourth-order valence-corrected chi connectivity index (χ4v) is 4.51. The van der Waals surface area contributed by atoms with Gasteiger partial charge in [-0.15, -0.1) is 0 Å². The summed E-state index contributed by atoms with van der Waals surface area (Å²) in [4.78, 5) is 12.7. The van der Waals surface area contributed by atoms with Gasteiger partial charge in [0.1, 0.15) is 5.76 Å². The zero-order valence-corrected chi connectivity index (χ0v) is 16.5. The largest absolute Gasteiger partial charge is 0.465 e. The van der Waals surface area contributed by atoms with Crippen molar-refractivity contribution in [2.24, 2.45) is 5.92 Å². The molecule has 2 heterocycles. The van der Waals surface area contributed by atoms with Crippen molar-refractivity contribution in [2.45, 2.75) is 18.4 Å². The molecule has 0 amide bonds. The van der Waals surface area contributed by atoms with Crippen molar-refractivity contribution in [1.29, 1.82) is 0 Å². The van der Waals surface area contributed by atoms with Crippen molar-refractivity contribution in [3.05, 3.63) is 107 Å². The van der Waals surface area contributed by atoms with Gasteiger partial charge >= 0.3 is 0 Å². The third-order valence-corrected chi connectivity index (χ3v) is 6.07. The van der Waals surface area contributed by atoms with Crippen molar-refractivity contribution in [2.75, 3.05) is 5.32 Å². The minimum Gasteiger partial charge on any atom is -0.465 e. The van der Waals surface area contributed by atoms with Gasteiger partial charge in [-0.25, -0.2) is 0 Å². The van der Waals surface area contributed by atoms with E-state index in [0.29, 0.717) is 23.2 Å². The molecule has 0 radical (unpaired) electrons. The summed E-state index contributed by atoms with van der Waals surface area (Å²) in [5.74, 6) is 1.37. The van der Waals surface area contributed by atoms with Gasteiger partial charge in [0.25, 0.3) is 0 Å². The Morgan fingerprint density at radius 2 is 2.00 bits per heavy atom. The number of fused-ring (bicyclic) bond motifs is 3. The molecule has 0 bridgehead atoms. The first kappa shape index (κ1) is 18.0. The number of allylic oxidation sites excluding steroid dienone is 3. The highest BCUT2D eigenvalue weighted by Crippen LogP contribution is 2.50. The van der Waals surface area contributed by atoms with Crippen molar-refractivity contribution in [3.63, 3.8) is 0 Å². The molecule has 0 unspecified atom stereocenters. The first-order valence-electron chi connectivity index (χ1n) is 9.77. The van der Waals surface area contributed by atoms with Gasteiger partial charge in [-0.2, -0.15) is 0 Å². The number of nitrogens with one attached hydrogen (secondary N) is 1. The SMILES string of the molecule is O=C(/C=C/c1ccco1)c1ccc2c(c1)[C@@H]1C=CC[C@H]1[C@H](c1ccc(Cl)cc1)N2. The zero-order chi connectivity index (χ0) is 19.8. The minimum atomic E-state index is -0.0254. The molecule has 0 saturated heterocycles. The first-order chi connectivity index (χ1) is 14.2. The molecule has 3 aromatic rings. The predicted molar refractivity (Wildman–Crippen MR) is 116 cm³/mol. The molecule has 1 aliphatic carbocycles. The van der Waals surface area contributed by atoms with Gasteiger partial charge in [0.05, 0.1) is 12.3 Å². The summed E-state index contributed by atoms with van der Waals surface area (Å²) in [6.45, 7) is 0. The van der Waals surface area contributed by atoms with Gasteiger partial charge in [-0.3, -0.25) is 4.79 Å². The Morgan fingerprint density at radius 3 is 2.79 bits per heavy atom. The molecule has 1 aliphatic heterocycles. The molecular formula is C25H20ClNO2. The molecule has 3 nitrogen and oxygen atoms in total. The Morgan fingerprint density at radius 1 is 1.14 bits per heavy atom. The van der Waals surface area contributed by atoms with Crippen LogP contribution >= 0.6 is 11.6 Å². The van der Waals surface area contributed by atoms with E-state index in [2.05, 4.69) is 29.6 Å². The summed E-state index contributed by atoms with van der Waals surface area (Å²) in [6, 6.07) is 17.9. The maximum atomic E-state index is 12.7.